The molecule has 0 saturated heterocycles. The van der Waals surface area contributed by atoms with Gasteiger partial charge < -0.3 is 4.85 Å². The van der Waals surface area contributed by atoms with E-state index < -0.39 is 17.1 Å². The lowest BCUT2D eigenvalue weighted by molar-refractivity contribution is -0.323. The van der Waals surface area contributed by atoms with Gasteiger partial charge in [-0.25, -0.2) is 6.57 Å². The third kappa shape index (κ3) is 0.574. The minimum Gasteiger partial charge on any atom is -0.310 e. The van der Waals surface area contributed by atoms with Gasteiger partial charge in [-0.05, 0) is 0 Å². The fraction of sp³-hybridized carbons (Fsp3) is 0.857. The van der Waals surface area contributed by atoms with Crippen LogP contribution in [0.15, 0.2) is 0 Å². The van der Waals surface area contributed by atoms with Crippen molar-refractivity contribution in [2.24, 2.45) is 5.41 Å². The number of nitrogens with zero attached hydrogens (tertiary/aromatic N) is 1. The average molecular weight is 161 g/mol. The first-order valence-electron chi connectivity index (χ1n) is 3.39. The third-order valence-electron chi connectivity index (χ3n) is 2.84. The summed E-state index contributed by atoms with van der Waals surface area (Å²) in [5, 5.41) is 0. The molecule has 4 heteroatoms. The Morgan fingerprint density at radius 1 is 1.18 bits per heavy atom. The molecule has 0 aromatic rings. The van der Waals surface area contributed by atoms with Crippen molar-refractivity contribution in [3.63, 3.8) is 0 Å². The van der Waals surface area contributed by atoms with Crippen LogP contribution in [0, 0.1) is 12.0 Å². The van der Waals surface area contributed by atoms with Crippen LogP contribution in [0.25, 0.3) is 4.85 Å². The molecule has 0 radical (unpaired) electrons. The summed E-state index contributed by atoms with van der Waals surface area (Å²) in [6, 6.07) is 0. The lowest BCUT2D eigenvalue weighted by Crippen LogP contribution is -2.70. The minimum absolute atomic E-state index is 0.0486. The molecule has 11 heavy (non-hydrogen) atoms. The number of hydrogen-bond acceptors (Lipinski definition) is 0. The van der Waals surface area contributed by atoms with Crippen molar-refractivity contribution in [2.45, 2.75) is 31.0 Å². The van der Waals surface area contributed by atoms with E-state index in [1.807, 2.05) is 0 Å². The second-order valence-electron chi connectivity index (χ2n) is 3.64. The van der Waals surface area contributed by atoms with Crippen LogP contribution >= 0.6 is 0 Å². The first kappa shape index (κ1) is 6.96. The van der Waals surface area contributed by atoms with E-state index in [-0.39, 0.29) is 19.3 Å². The van der Waals surface area contributed by atoms with Crippen LogP contribution in [0.5, 0.6) is 0 Å². The van der Waals surface area contributed by atoms with E-state index in [0.29, 0.717) is 0 Å². The van der Waals surface area contributed by atoms with Crippen molar-refractivity contribution in [3.8, 4) is 0 Å². The van der Waals surface area contributed by atoms with Crippen LogP contribution in [0.2, 0.25) is 0 Å². The van der Waals surface area contributed by atoms with E-state index in [0.717, 1.165) is 0 Å². The van der Waals surface area contributed by atoms with Crippen LogP contribution < -0.4 is 0 Å². The van der Waals surface area contributed by atoms with Crippen LogP contribution in [0.4, 0.5) is 13.2 Å². The van der Waals surface area contributed by atoms with Gasteiger partial charge in [0, 0.05) is 19.3 Å². The monoisotopic (exact) mass is 161 g/mol. The second kappa shape index (κ2) is 1.40. The molecule has 3 fully saturated rings. The average Bonchev–Trinajstić information content (AvgIpc) is 1.53. The summed E-state index contributed by atoms with van der Waals surface area (Å²) in [4.78, 5) is 3.20. The molecule has 0 atom stereocenters. The minimum atomic E-state index is -4.07. The number of hydrogen-bond donors (Lipinski definition) is 0. The topological polar surface area (TPSA) is 4.36 Å². The molecule has 0 N–H and O–H groups in total. The summed E-state index contributed by atoms with van der Waals surface area (Å²) in [6.07, 6.45) is -3.92. The molecular formula is C7H6F3N. The van der Waals surface area contributed by atoms with E-state index in [1.54, 1.807) is 0 Å². The van der Waals surface area contributed by atoms with Gasteiger partial charge >= 0.3 is 6.18 Å². The van der Waals surface area contributed by atoms with Crippen molar-refractivity contribution < 1.29 is 13.2 Å². The highest BCUT2D eigenvalue weighted by molar-refractivity contribution is 5.30. The maximum atomic E-state index is 12.1. The zero-order valence-corrected chi connectivity index (χ0v) is 5.70. The lowest BCUT2D eigenvalue weighted by atomic mass is 9.39. The molecule has 1 nitrogen and oxygen atoms in total. The maximum absolute atomic E-state index is 12.1. The molecule has 0 aliphatic heterocycles. The van der Waals surface area contributed by atoms with Crippen molar-refractivity contribution in [1.82, 2.24) is 0 Å². The number of alkyl halides is 3. The van der Waals surface area contributed by atoms with Gasteiger partial charge in [0.05, 0.1) is 5.41 Å². The summed E-state index contributed by atoms with van der Waals surface area (Å²) in [5.41, 5.74) is -2.05. The molecule has 3 saturated carbocycles. The van der Waals surface area contributed by atoms with Crippen molar-refractivity contribution in [1.29, 1.82) is 0 Å². The van der Waals surface area contributed by atoms with Gasteiger partial charge in [-0.2, -0.15) is 13.2 Å². The van der Waals surface area contributed by atoms with Crippen LogP contribution in [0.1, 0.15) is 19.3 Å². The SMILES string of the molecule is [C-]#[N+]C12CC(C(F)(F)F)(C1)C2. The van der Waals surface area contributed by atoms with E-state index in [9.17, 15) is 13.2 Å². The predicted molar refractivity (Wildman–Crippen MR) is 31.7 cm³/mol. The first-order chi connectivity index (χ1) is 4.93. The zero-order valence-electron chi connectivity index (χ0n) is 5.70. The van der Waals surface area contributed by atoms with Gasteiger partial charge in [-0.15, -0.1) is 0 Å². The zero-order chi connectivity index (χ0) is 8.33. The largest absolute Gasteiger partial charge is 0.395 e. The van der Waals surface area contributed by atoms with E-state index in [2.05, 4.69) is 4.85 Å². The Hall–Kier alpha value is -0.720. The van der Waals surface area contributed by atoms with E-state index in [1.165, 1.54) is 0 Å². The van der Waals surface area contributed by atoms with Crippen LogP contribution in [0.3, 0.4) is 0 Å². The van der Waals surface area contributed by atoms with Crippen molar-refractivity contribution in [3.05, 3.63) is 11.4 Å². The molecule has 0 aromatic heterocycles. The maximum Gasteiger partial charge on any atom is 0.395 e. The van der Waals surface area contributed by atoms with Gasteiger partial charge in [-0.3, -0.25) is 0 Å². The van der Waals surface area contributed by atoms with Crippen molar-refractivity contribution >= 4 is 0 Å². The molecule has 0 unspecified atom stereocenters. The lowest BCUT2D eigenvalue weighted by Gasteiger charge is -2.61. The van der Waals surface area contributed by atoms with Gasteiger partial charge in [-0.1, -0.05) is 0 Å². The smallest absolute Gasteiger partial charge is 0.310 e. The Bertz CT molecular complexity index is 228. The molecule has 3 rings (SSSR count). The Labute approximate surface area is 62.0 Å². The normalized spacial score (nSPS) is 47.1. The van der Waals surface area contributed by atoms with Gasteiger partial charge in [0.2, 0.25) is 5.54 Å². The Balaban J connectivity index is 2.12. The highest BCUT2D eigenvalue weighted by Crippen LogP contribution is 2.75. The molecule has 3 aliphatic rings. The summed E-state index contributed by atoms with van der Waals surface area (Å²) in [7, 11) is 0. The molecule has 0 heterocycles. The van der Waals surface area contributed by atoms with Gasteiger partial charge in [0.25, 0.3) is 0 Å². The molecule has 0 amide bonds. The molecule has 3 aliphatic carbocycles. The van der Waals surface area contributed by atoms with Crippen LogP contribution in [-0.4, -0.2) is 11.7 Å². The highest BCUT2D eigenvalue weighted by Gasteiger charge is 2.84. The molecule has 0 aromatic carbocycles. The van der Waals surface area contributed by atoms with Gasteiger partial charge in [0.15, 0.2) is 0 Å². The summed E-state index contributed by atoms with van der Waals surface area (Å²) in [6.45, 7) is 6.64. The summed E-state index contributed by atoms with van der Waals surface area (Å²) < 4.78 is 36.4. The molecular weight excluding hydrogens is 155 g/mol. The predicted octanol–water partition coefficient (Wildman–Crippen LogP) is 2.39. The quantitative estimate of drug-likeness (QED) is 0.480. The summed E-state index contributed by atoms with van der Waals surface area (Å²) in [5.74, 6) is 0. The van der Waals surface area contributed by atoms with E-state index in [4.69, 9.17) is 6.57 Å². The second-order valence-corrected chi connectivity index (χ2v) is 3.64. The highest BCUT2D eigenvalue weighted by atomic mass is 19.4. The Morgan fingerprint density at radius 3 is 1.91 bits per heavy atom. The van der Waals surface area contributed by atoms with Crippen molar-refractivity contribution in [2.75, 3.05) is 0 Å². The standard InChI is InChI=1S/C7H6F3N/c1-11-6-2-5(3-6,4-6)7(8,9)10/h2-4H2. The fourth-order valence-electron chi connectivity index (χ4n) is 2.15. The van der Waals surface area contributed by atoms with Crippen LogP contribution in [-0.2, 0) is 0 Å². The fourth-order valence-corrected chi connectivity index (χ4v) is 2.15. The summed E-state index contributed by atoms with van der Waals surface area (Å²) >= 11 is 0. The Morgan fingerprint density at radius 2 is 1.64 bits per heavy atom. The number of halogens is 3. The van der Waals surface area contributed by atoms with Gasteiger partial charge in [0.1, 0.15) is 0 Å². The third-order valence-corrected chi connectivity index (χ3v) is 2.84. The molecule has 60 valence electrons. The van der Waals surface area contributed by atoms with E-state index >= 15 is 0 Å². The molecule has 0 spiro atoms. The molecule has 2 bridgehead atoms. The Kier molecular flexibility index (Phi) is 0.889. The first-order valence-corrected chi connectivity index (χ1v) is 3.39. The number of rotatable bonds is 0.